The van der Waals surface area contributed by atoms with Crippen LogP contribution in [-0.2, 0) is 16.4 Å². The van der Waals surface area contributed by atoms with Crippen molar-refractivity contribution in [3.05, 3.63) is 29.3 Å². The van der Waals surface area contributed by atoms with Crippen molar-refractivity contribution in [2.75, 3.05) is 43.3 Å². The minimum atomic E-state index is -3.25. The molecule has 2 aliphatic rings. The van der Waals surface area contributed by atoms with E-state index in [0.29, 0.717) is 30.8 Å². The zero-order chi connectivity index (χ0) is 18.7. The van der Waals surface area contributed by atoms with Crippen molar-refractivity contribution in [2.45, 2.75) is 32.6 Å². The Morgan fingerprint density at radius 1 is 1.31 bits per heavy atom. The fourth-order valence-electron chi connectivity index (χ4n) is 3.95. The lowest BCUT2D eigenvalue weighted by molar-refractivity contribution is 0.0950. The molecule has 7 heteroatoms. The normalized spacial score (nSPS) is 20.8. The molecule has 0 aromatic heterocycles. The van der Waals surface area contributed by atoms with E-state index in [9.17, 15) is 13.2 Å². The fraction of sp³-hybridized carbons (Fsp3) is 0.632. The van der Waals surface area contributed by atoms with Crippen LogP contribution in [-0.4, -0.2) is 58.2 Å². The molecule has 1 atom stereocenters. The molecule has 2 aliphatic heterocycles. The first kappa shape index (κ1) is 19.2. The van der Waals surface area contributed by atoms with E-state index in [-0.39, 0.29) is 5.91 Å². The van der Waals surface area contributed by atoms with Crippen LogP contribution >= 0.6 is 0 Å². The molecule has 0 spiro atoms. The number of amides is 1. The monoisotopic (exact) mass is 379 g/mol. The maximum Gasteiger partial charge on any atom is 0.251 e. The van der Waals surface area contributed by atoms with Gasteiger partial charge in [-0.1, -0.05) is 6.92 Å². The third-order valence-electron chi connectivity index (χ3n) is 5.27. The van der Waals surface area contributed by atoms with Crippen LogP contribution in [0.2, 0.25) is 0 Å². The first-order chi connectivity index (χ1) is 12.3. The average Bonchev–Trinajstić information content (AvgIpc) is 3.02. The number of nitrogens with one attached hydrogen (secondary N) is 1. The average molecular weight is 380 g/mol. The van der Waals surface area contributed by atoms with E-state index in [1.165, 1.54) is 29.9 Å². The van der Waals surface area contributed by atoms with Crippen LogP contribution < -0.4 is 9.62 Å². The molecule has 1 aromatic carbocycles. The summed E-state index contributed by atoms with van der Waals surface area (Å²) in [5, 5.41) is 2.98. The number of sulfonamides is 1. The maximum absolute atomic E-state index is 12.4. The molecule has 1 amide bonds. The van der Waals surface area contributed by atoms with E-state index in [0.717, 1.165) is 31.0 Å². The third kappa shape index (κ3) is 4.57. The highest BCUT2D eigenvalue weighted by molar-refractivity contribution is 7.92. The van der Waals surface area contributed by atoms with Gasteiger partial charge in [-0.25, -0.2) is 8.42 Å². The van der Waals surface area contributed by atoms with Gasteiger partial charge in [-0.05, 0) is 68.5 Å². The maximum atomic E-state index is 12.4. The number of likely N-dealkylation sites (tertiary alicyclic amines) is 1. The molecule has 0 bridgehead atoms. The summed E-state index contributed by atoms with van der Waals surface area (Å²) in [6.45, 7) is 6.77. The largest absolute Gasteiger partial charge is 0.352 e. The molecule has 2 heterocycles. The molecule has 3 rings (SSSR count). The molecule has 0 saturated carbocycles. The zero-order valence-corrected chi connectivity index (χ0v) is 16.5. The van der Waals surface area contributed by atoms with Crippen LogP contribution in [0.1, 0.15) is 42.1 Å². The number of piperidine rings is 1. The van der Waals surface area contributed by atoms with E-state index in [2.05, 4.69) is 17.1 Å². The molecule has 26 heavy (non-hydrogen) atoms. The van der Waals surface area contributed by atoms with Crippen LogP contribution in [0.15, 0.2) is 18.2 Å². The van der Waals surface area contributed by atoms with Crippen molar-refractivity contribution < 1.29 is 13.2 Å². The molecule has 144 valence electrons. The van der Waals surface area contributed by atoms with E-state index >= 15 is 0 Å². The van der Waals surface area contributed by atoms with Crippen LogP contribution in [0.25, 0.3) is 0 Å². The summed E-state index contributed by atoms with van der Waals surface area (Å²) in [6, 6.07) is 5.28. The molecule has 6 nitrogen and oxygen atoms in total. The minimum absolute atomic E-state index is 0.0855. The number of carbonyl (C=O) groups is 1. The smallest absolute Gasteiger partial charge is 0.251 e. The van der Waals surface area contributed by atoms with Gasteiger partial charge in [0.25, 0.3) is 5.91 Å². The predicted molar refractivity (Wildman–Crippen MR) is 104 cm³/mol. The summed E-state index contributed by atoms with van der Waals surface area (Å²) in [7, 11) is -3.25. The summed E-state index contributed by atoms with van der Waals surface area (Å²) >= 11 is 0. The highest BCUT2D eigenvalue weighted by Gasteiger charge is 2.26. The van der Waals surface area contributed by atoms with E-state index in [4.69, 9.17) is 0 Å². The second-order valence-corrected chi connectivity index (χ2v) is 9.49. The van der Waals surface area contributed by atoms with Gasteiger partial charge in [-0.3, -0.25) is 9.10 Å². The molecular weight excluding hydrogens is 350 g/mol. The predicted octanol–water partition coefficient (Wildman–Crippen LogP) is 1.86. The lowest BCUT2D eigenvalue weighted by Crippen LogP contribution is -2.36. The van der Waals surface area contributed by atoms with Gasteiger partial charge in [0.1, 0.15) is 0 Å². The Balaban J connectivity index is 1.50. The number of hydrogen-bond donors (Lipinski definition) is 1. The second kappa shape index (κ2) is 7.96. The lowest BCUT2D eigenvalue weighted by atomic mass is 10.0. The Morgan fingerprint density at radius 2 is 2.12 bits per heavy atom. The highest BCUT2D eigenvalue weighted by Crippen LogP contribution is 2.30. The molecular formula is C19H29N3O3S. The number of benzene rings is 1. The molecule has 1 aromatic rings. The molecule has 1 fully saturated rings. The first-order valence-corrected chi connectivity index (χ1v) is 11.3. The topological polar surface area (TPSA) is 69.7 Å². The van der Waals surface area contributed by atoms with Gasteiger partial charge in [-0.15, -0.1) is 0 Å². The molecule has 1 unspecified atom stereocenters. The van der Waals surface area contributed by atoms with Crippen LogP contribution in [0.4, 0.5) is 5.69 Å². The SMILES string of the molecule is CC1CCCN(CCCNC(=O)c2ccc3c(c2)CCN3S(C)(=O)=O)C1. The summed E-state index contributed by atoms with van der Waals surface area (Å²) in [5.74, 6) is 0.689. The van der Waals surface area contributed by atoms with Gasteiger partial charge in [0.05, 0.1) is 11.9 Å². The Kier molecular flexibility index (Phi) is 5.87. The van der Waals surface area contributed by atoms with Gasteiger partial charge < -0.3 is 10.2 Å². The van der Waals surface area contributed by atoms with Crippen LogP contribution in [0.3, 0.4) is 0 Å². The van der Waals surface area contributed by atoms with Gasteiger partial charge in [-0.2, -0.15) is 0 Å². The fourth-order valence-corrected chi connectivity index (χ4v) is 4.91. The summed E-state index contributed by atoms with van der Waals surface area (Å²) in [5.41, 5.74) is 2.22. The van der Waals surface area contributed by atoms with Crippen molar-refractivity contribution in [3.63, 3.8) is 0 Å². The van der Waals surface area contributed by atoms with E-state index < -0.39 is 10.0 Å². The number of hydrogen-bond acceptors (Lipinski definition) is 4. The van der Waals surface area contributed by atoms with Crippen molar-refractivity contribution in [1.82, 2.24) is 10.2 Å². The third-order valence-corrected chi connectivity index (χ3v) is 6.45. The Hall–Kier alpha value is -1.60. The van der Waals surface area contributed by atoms with Gasteiger partial charge in [0.2, 0.25) is 10.0 Å². The Bertz CT molecular complexity index is 763. The van der Waals surface area contributed by atoms with E-state index in [1.54, 1.807) is 12.1 Å². The van der Waals surface area contributed by atoms with Crippen molar-refractivity contribution in [2.24, 2.45) is 5.92 Å². The quantitative estimate of drug-likeness (QED) is 0.766. The number of carbonyl (C=O) groups excluding carboxylic acids is 1. The van der Waals surface area contributed by atoms with Crippen molar-refractivity contribution >= 4 is 21.6 Å². The number of fused-ring (bicyclic) bond motifs is 1. The van der Waals surface area contributed by atoms with E-state index in [1.807, 2.05) is 6.07 Å². The Labute approximate surface area is 156 Å². The number of nitrogens with zero attached hydrogens (tertiary/aromatic N) is 2. The number of rotatable bonds is 6. The van der Waals surface area contributed by atoms with Crippen LogP contribution in [0.5, 0.6) is 0 Å². The summed E-state index contributed by atoms with van der Waals surface area (Å²) in [6.07, 6.45) is 5.41. The second-order valence-electron chi connectivity index (χ2n) is 7.59. The van der Waals surface area contributed by atoms with Gasteiger partial charge in [0.15, 0.2) is 0 Å². The van der Waals surface area contributed by atoms with Crippen molar-refractivity contribution in [1.29, 1.82) is 0 Å². The minimum Gasteiger partial charge on any atom is -0.352 e. The Morgan fingerprint density at radius 3 is 2.85 bits per heavy atom. The lowest BCUT2D eigenvalue weighted by Gasteiger charge is -2.30. The summed E-state index contributed by atoms with van der Waals surface area (Å²) in [4.78, 5) is 14.9. The van der Waals surface area contributed by atoms with Crippen LogP contribution in [0, 0.1) is 5.92 Å². The van der Waals surface area contributed by atoms with Gasteiger partial charge >= 0.3 is 0 Å². The zero-order valence-electron chi connectivity index (χ0n) is 15.7. The summed E-state index contributed by atoms with van der Waals surface area (Å²) < 4.78 is 25.0. The first-order valence-electron chi connectivity index (χ1n) is 9.46. The molecule has 0 radical (unpaired) electrons. The van der Waals surface area contributed by atoms with Crippen molar-refractivity contribution in [3.8, 4) is 0 Å². The molecule has 0 aliphatic carbocycles. The molecule has 1 saturated heterocycles. The number of anilines is 1. The standard InChI is InChI=1S/C19H29N3O3S/c1-15-5-3-10-21(14-15)11-4-9-20-19(23)17-6-7-18-16(13-17)8-12-22(18)26(2,24)25/h6-7,13,15H,3-5,8-12,14H2,1-2H3,(H,20,23). The van der Waals surface area contributed by atoms with Gasteiger partial charge in [0, 0.05) is 25.2 Å². The molecule has 1 N–H and O–H groups in total. The highest BCUT2D eigenvalue weighted by atomic mass is 32.2.